The van der Waals surface area contributed by atoms with Gasteiger partial charge in [-0.25, -0.2) is 0 Å². The molecule has 0 aliphatic rings. The van der Waals surface area contributed by atoms with Gasteiger partial charge in [-0.05, 0) is 31.0 Å². The van der Waals surface area contributed by atoms with E-state index in [1.807, 2.05) is 13.2 Å². The van der Waals surface area contributed by atoms with Crippen molar-refractivity contribution in [3.63, 3.8) is 0 Å². The van der Waals surface area contributed by atoms with Crippen molar-refractivity contribution in [2.24, 2.45) is 0 Å². The molecule has 0 spiro atoms. The van der Waals surface area contributed by atoms with Gasteiger partial charge in [0.05, 0.1) is 11.7 Å². The summed E-state index contributed by atoms with van der Waals surface area (Å²) in [4.78, 5) is 8.47. The molecule has 0 saturated carbocycles. The number of likely N-dealkylation sites (N-methyl/N-ethyl adjacent to an activating group) is 1. The van der Waals surface area contributed by atoms with E-state index in [0.29, 0.717) is 0 Å². The number of hydrogen-bond acceptors (Lipinski definition) is 3. The molecule has 2 aromatic rings. The van der Waals surface area contributed by atoms with E-state index in [2.05, 4.69) is 46.5 Å². The zero-order chi connectivity index (χ0) is 12.8. The average molecular weight is 241 g/mol. The molecular weight excluding hydrogens is 222 g/mol. The summed E-state index contributed by atoms with van der Waals surface area (Å²) in [6, 6.07) is 8.99. The normalized spacial score (nSPS) is 12.3. The van der Waals surface area contributed by atoms with Crippen molar-refractivity contribution in [1.29, 1.82) is 0 Å². The Labute approximate surface area is 108 Å². The maximum Gasteiger partial charge on any atom is 0.0759 e. The van der Waals surface area contributed by atoms with Gasteiger partial charge < -0.3 is 5.32 Å². The van der Waals surface area contributed by atoms with Crippen molar-refractivity contribution in [1.82, 2.24) is 15.3 Å². The zero-order valence-corrected chi connectivity index (χ0v) is 10.9. The van der Waals surface area contributed by atoms with Crippen molar-refractivity contribution in [2.75, 3.05) is 7.05 Å². The van der Waals surface area contributed by atoms with Crippen molar-refractivity contribution in [3.8, 4) is 0 Å². The largest absolute Gasteiger partial charge is 0.311 e. The summed E-state index contributed by atoms with van der Waals surface area (Å²) in [6.07, 6.45) is 7.27. The lowest BCUT2D eigenvalue weighted by atomic mass is 10.0. The van der Waals surface area contributed by atoms with Gasteiger partial charge >= 0.3 is 0 Å². The number of rotatable bonds is 5. The van der Waals surface area contributed by atoms with Gasteiger partial charge in [0, 0.05) is 18.6 Å². The molecule has 1 aromatic carbocycles. The van der Waals surface area contributed by atoms with Crippen LogP contribution >= 0.6 is 0 Å². The second kappa shape index (κ2) is 6.26. The smallest absolute Gasteiger partial charge is 0.0759 e. The molecule has 1 aromatic heterocycles. The fourth-order valence-corrected chi connectivity index (χ4v) is 1.99. The van der Waals surface area contributed by atoms with Gasteiger partial charge in [0.2, 0.25) is 0 Å². The Kier molecular flexibility index (Phi) is 4.42. The summed E-state index contributed by atoms with van der Waals surface area (Å²) < 4.78 is 0. The first kappa shape index (κ1) is 12.7. The predicted molar refractivity (Wildman–Crippen MR) is 73.4 cm³/mol. The third kappa shape index (κ3) is 3.14. The van der Waals surface area contributed by atoms with Crippen molar-refractivity contribution in [2.45, 2.75) is 25.8 Å². The standard InChI is InChI=1S/C15H19N3/c1-3-12-4-6-13(7-5-12)10-14(16-2)15-11-17-8-9-18-15/h4-9,11,14,16H,3,10H2,1-2H3. The van der Waals surface area contributed by atoms with Gasteiger partial charge in [0.1, 0.15) is 0 Å². The van der Waals surface area contributed by atoms with Crippen LogP contribution in [-0.2, 0) is 12.8 Å². The lowest BCUT2D eigenvalue weighted by Crippen LogP contribution is -2.20. The number of aromatic nitrogens is 2. The Bertz CT molecular complexity index is 465. The van der Waals surface area contributed by atoms with Crippen LogP contribution in [0, 0.1) is 0 Å². The first-order valence-electron chi connectivity index (χ1n) is 6.34. The van der Waals surface area contributed by atoms with Crippen LogP contribution in [0.15, 0.2) is 42.9 Å². The minimum Gasteiger partial charge on any atom is -0.311 e. The molecule has 2 rings (SSSR count). The molecular formula is C15H19N3. The summed E-state index contributed by atoms with van der Waals surface area (Å²) >= 11 is 0. The minimum absolute atomic E-state index is 0.214. The summed E-state index contributed by atoms with van der Waals surface area (Å²) in [5, 5.41) is 3.29. The Morgan fingerprint density at radius 3 is 2.39 bits per heavy atom. The molecule has 1 heterocycles. The summed E-state index contributed by atoms with van der Waals surface area (Å²) in [5.74, 6) is 0. The number of nitrogens with zero attached hydrogens (tertiary/aromatic N) is 2. The molecule has 94 valence electrons. The van der Waals surface area contributed by atoms with Crippen LogP contribution in [-0.4, -0.2) is 17.0 Å². The molecule has 3 heteroatoms. The van der Waals surface area contributed by atoms with Gasteiger partial charge in [-0.3, -0.25) is 9.97 Å². The molecule has 1 N–H and O–H groups in total. The summed E-state index contributed by atoms with van der Waals surface area (Å²) in [5.41, 5.74) is 3.68. The molecule has 1 atom stereocenters. The van der Waals surface area contributed by atoms with Crippen LogP contribution in [0.1, 0.15) is 29.8 Å². The highest BCUT2D eigenvalue weighted by molar-refractivity contribution is 5.24. The van der Waals surface area contributed by atoms with E-state index in [1.54, 1.807) is 12.4 Å². The fourth-order valence-electron chi connectivity index (χ4n) is 1.99. The van der Waals surface area contributed by atoms with E-state index < -0.39 is 0 Å². The monoisotopic (exact) mass is 241 g/mol. The third-order valence-corrected chi connectivity index (χ3v) is 3.16. The minimum atomic E-state index is 0.214. The molecule has 3 nitrogen and oxygen atoms in total. The first-order chi connectivity index (χ1) is 8.83. The van der Waals surface area contributed by atoms with Gasteiger partial charge in [-0.2, -0.15) is 0 Å². The molecule has 0 aliphatic carbocycles. The van der Waals surface area contributed by atoms with E-state index in [4.69, 9.17) is 0 Å². The quantitative estimate of drug-likeness (QED) is 0.874. The lowest BCUT2D eigenvalue weighted by Gasteiger charge is -2.15. The van der Waals surface area contributed by atoms with Crippen LogP contribution in [0.4, 0.5) is 0 Å². The average Bonchev–Trinajstić information content (AvgIpc) is 2.46. The van der Waals surface area contributed by atoms with Crippen molar-refractivity contribution in [3.05, 3.63) is 59.7 Å². The Balaban J connectivity index is 2.10. The molecule has 0 saturated heterocycles. The van der Waals surface area contributed by atoms with Crippen molar-refractivity contribution < 1.29 is 0 Å². The predicted octanol–water partition coefficient (Wildman–Crippen LogP) is 2.54. The molecule has 18 heavy (non-hydrogen) atoms. The number of nitrogens with one attached hydrogen (secondary N) is 1. The van der Waals surface area contributed by atoms with Gasteiger partial charge in [0.15, 0.2) is 0 Å². The Morgan fingerprint density at radius 1 is 1.11 bits per heavy atom. The molecule has 0 bridgehead atoms. The van der Waals surface area contributed by atoms with Gasteiger partial charge in [-0.1, -0.05) is 31.2 Å². The van der Waals surface area contributed by atoms with Crippen molar-refractivity contribution >= 4 is 0 Å². The molecule has 0 aliphatic heterocycles. The zero-order valence-electron chi connectivity index (χ0n) is 10.9. The molecule has 0 fully saturated rings. The topological polar surface area (TPSA) is 37.8 Å². The third-order valence-electron chi connectivity index (χ3n) is 3.16. The van der Waals surface area contributed by atoms with Gasteiger partial charge in [0.25, 0.3) is 0 Å². The fraction of sp³-hybridized carbons (Fsp3) is 0.333. The Hall–Kier alpha value is -1.74. The molecule has 0 radical (unpaired) electrons. The lowest BCUT2D eigenvalue weighted by molar-refractivity contribution is 0.573. The van der Waals surface area contributed by atoms with E-state index in [1.165, 1.54) is 11.1 Å². The Morgan fingerprint density at radius 2 is 1.83 bits per heavy atom. The second-order valence-electron chi connectivity index (χ2n) is 4.35. The summed E-state index contributed by atoms with van der Waals surface area (Å²) in [6.45, 7) is 2.17. The molecule has 1 unspecified atom stereocenters. The van der Waals surface area contributed by atoms with Crippen LogP contribution in [0.2, 0.25) is 0 Å². The maximum atomic E-state index is 4.35. The van der Waals surface area contributed by atoms with Crippen LogP contribution in [0.5, 0.6) is 0 Å². The van der Waals surface area contributed by atoms with Crippen LogP contribution in [0.25, 0.3) is 0 Å². The SMILES string of the molecule is CCc1ccc(CC(NC)c2cnccn2)cc1. The van der Waals surface area contributed by atoms with E-state index >= 15 is 0 Å². The van der Waals surface area contributed by atoms with Crippen LogP contribution in [0.3, 0.4) is 0 Å². The van der Waals surface area contributed by atoms with Gasteiger partial charge in [-0.15, -0.1) is 0 Å². The van der Waals surface area contributed by atoms with E-state index in [0.717, 1.165) is 18.5 Å². The first-order valence-corrected chi connectivity index (χ1v) is 6.34. The second-order valence-corrected chi connectivity index (χ2v) is 4.35. The van der Waals surface area contributed by atoms with E-state index in [9.17, 15) is 0 Å². The highest BCUT2D eigenvalue weighted by Gasteiger charge is 2.11. The molecule has 0 amide bonds. The highest BCUT2D eigenvalue weighted by Crippen LogP contribution is 2.16. The number of hydrogen-bond donors (Lipinski definition) is 1. The summed E-state index contributed by atoms with van der Waals surface area (Å²) in [7, 11) is 1.96. The highest BCUT2D eigenvalue weighted by atomic mass is 14.9. The van der Waals surface area contributed by atoms with E-state index in [-0.39, 0.29) is 6.04 Å². The number of aryl methyl sites for hydroxylation is 1. The maximum absolute atomic E-state index is 4.35. The van der Waals surface area contributed by atoms with Crippen LogP contribution < -0.4 is 5.32 Å². The number of benzene rings is 1.